The van der Waals surface area contributed by atoms with E-state index in [1.807, 2.05) is 22.7 Å². The van der Waals surface area contributed by atoms with Crippen LogP contribution in [0.15, 0.2) is 243 Å². The topological polar surface area (TPSA) is 6.48 Å². The molecule has 0 saturated carbocycles. The third-order valence-electron chi connectivity index (χ3n) is 10.8. The summed E-state index contributed by atoms with van der Waals surface area (Å²) >= 11 is 3.64. The van der Waals surface area contributed by atoms with Crippen LogP contribution < -0.4 is 9.80 Å². The highest BCUT2D eigenvalue weighted by atomic mass is 32.1. The molecule has 0 atom stereocenters. The molecular formula is C56H40N2S2. The number of hydrogen-bond donors (Lipinski definition) is 0. The van der Waals surface area contributed by atoms with E-state index < -0.39 is 0 Å². The summed E-state index contributed by atoms with van der Waals surface area (Å²) in [7, 11) is 0. The van der Waals surface area contributed by atoms with Gasteiger partial charge in [0.2, 0.25) is 0 Å². The molecule has 10 aromatic rings. The number of nitrogens with zero attached hydrogens (tertiary/aromatic N) is 2. The van der Waals surface area contributed by atoms with Gasteiger partial charge >= 0.3 is 0 Å². The molecule has 60 heavy (non-hydrogen) atoms. The maximum Gasteiger partial charge on any atom is 0.101 e. The monoisotopic (exact) mass is 804 g/mol. The molecule has 4 heteroatoms. The lowest BCUT2D eigenvalue weighted by molar-refractivity contribution is 1.32. The quantitative estimate of drug-likeness (QED) is 0.128. The van der Waals surface area contributed by atoms with E-state index in [2.05, 4.69) is 252 Å². The molecule has 2 nitrogen and oxygen atoms in total. The van der Waals surface area contributed by atoms with E-state index in [1.165, 1.54) is 54.3 Å². The van der Waals surface area contributed by atoms with Gasteiger partial charge in [-0.05, 0) is 117 Å². The van der Waals surface area contributed by atoms with Gasteiger partial charge < -0.3 is 9.80 Å². The average Bonchev–Trinajstić information content (AvgIpc) is 4.02. The van der Waals surface area contributed by atoms with Gasteiger partial charge in [-0.1, -0.05) is 170 Å². The van der Waals surface area contributed by atoms with Gasteiger partial charge in [0.15, 0.2) is 0 Å². The molecule has 0 N–H and O–H groups in total. The smallest absolute Gasteiger partial charge is 0.101 e. The van der Waals surface area contributed by atoms with Gasteiger partial charge in [-0.15, -0.1) is 22.7 Å². The van der Waals surface area contributed by atoms with Gasteiger partial charge in [-0.2, -0.15) is 0 Å². The molecule has 286 valence electrons. The van der Waals surface area contributed by atoms with Crippen LogP contribution in [-0.2, 0) is 0 Å². The molecule has 2 aromatic heterocycles. The highest BCUT2D eigenvalue weighted by Crippen LogP contribution is 2.47. The molecule has 2 heterocycles. The Kier molecular flexibility index (Phi) is 10.5. The van der Waals surface area contributed by atoms with Gasteiger partial charge in [0.05, 0.1) is 0 Å². The second kappa shape index (κ2) is 16.9. The van der Waals surface area contributed by atoms with Crippen molar-refractivity contribution < 1.29 is 0 Å². The van der Waals surface area contributed by atoms with Crippen LogP contribution in [0.25, 0.3) is 54.3 Å². The Morgan fingerprint density at radius 2 is 0.417 bits per heavy atom. The van der Waals surface area contributed by atoms with E-state index in [0.29, 0.717) is 0 Å². The minimum absolute atomic E-state index is 1.12. The van der Waals surface area contributed by atoms with Crippen molar-refractivity contribution in [2.75, 3.05) is 9.80 Å². The van der Waals surface area contributed by atoms with Crippen LogP contribution in [-0.4, -0.2) is 0 Å². The highest BCUT2D eigenvalue weighted by Gasteiger charge is 2.20. The lowest BCUT2D eigenvalue weighted by Gasteiger charge is -2.24. The van der Waals surface area contributed by atoms with Crippen molar-refractivity contribution in [2.45, 2.75) is 0 Å². The van der Waals surface area contributed by atoms with Crippen molar-refractivity contribution in [2.24, 2.45) is 0 Å². The number of anilines is 6. The third-order valence-corrected chi connectivity index (χ3v) is 13.1. The maximum atomic E-state index is 2.38. The van der Waals surface area contributed by atoms with Crippen LogP contribution in [0.2, 0.25) is 0 Å². The van der Waals surface area contributed by atoms with Crippen molar-refractivity contribution in [3.8, 4) is 54.3 Å². The van der Waals surface area contributed by atoms with Gasteiger partial charge in [0.1, 0.15) is 10.0 Å². The van der Waals surface area contributed by atoms with E-state index in [9.17, 15) is 0 Å². The fourth-order valence-corrected chi connectivity index (χ4v) is 9.89. The molecule has 0 spiro atoms. The second-order valence-corrected chi connectivity index (χ2v) is 16.7. The molecular weight excluding hydrogens is 765 g/mol. The summed E-state index contributed by atoms with van der Waals surface area (Å²) in [5, 5.41) is 2.31. The molecule has 0 saturated heterocycles. The number of thiophene rings is 2. The van der Waals surface area contributed by atoms with Crippen LogP contribution >= 0.6 is 22.7 Å². The minimum Gasteiger partial charge on any atom is -0.302 e. The standard InChI is InChI=1S/C56H40N2S2/c1-5-13-41(14-6-1)45-21-29-49(30-22-45)57(50-31-23-46(24-32-50)42-15-7-2-8-16-42)55-39-37-53(59-55)54-38-40-56(60-54)58(51-33-25-47(26-34-51)43-17-9-3-10-18-43)52-35-27-48(28-36-52)44-19-11-4-12-20-44/h1-40H. The first-order valence-electron chi connectivity index (χ1n) is 20.2. The summed E-state index contributed by atoms with van der Waals surface area (Å²) in [6, 6.07) is 87.1. The Balaban J connectivity index is 0.999. The van der Waals surface area contributed by atoms with Gasteiger partial charge in [0, 0.05) is 32.5 Å². The molecule has 0 bridgehead atoms. The molecule has 0 aliphatic rings. The van der Waals surface area contributed by atoms with Gasteiger partial charge in [0.25, 0.3) is 0 Å². The van der Waals surface area contributed by atoms with E-state index >= 15 is 0 Å². The van der Waals surface area contributed by atoms with Crippen LogP contribution in [0, 0.1) is 0 Å². The molecule has 0 fully saturated rings. The average molecular weight is 805 g/mol. The van der Waals surface area contributed by atoms with Gasteiger partial charge in [-0.25, -0.2) is 0 Å². The number of benzene rings is 8. The fraction of sp³-hybridized carbons (Fsp3) is 0. The summed E-state index contributed by atoms with van der Waals surface area (Å²) in [5.41, 5.74) is 14.1. The minimum atomic E-state index is 1.12. The normalized spacial score (nSPS) is 11.0. The first kappa shape index (κ1) is 37.1. The third kappa shape index (κ3) is 7.82. The number of rotatable bonds is 11. The SMILES string of the molecule is c1ccc(-c2ccc(N(c3ccc(-c4ccccc4)cc3)c3ccc(-c4ccc(N(c5ccc(-c6ccccc6)cc5)c5ccc(-c6ccccc6)cc5)s4)s3)cc2)cc1. The molecule has 0 radical (unpaired) electrons. The van der Waals surface area contributed by atoms with Crippen molar-refractivity contribution >= 4 is 55.4 Å². The first-order valence-corrected chi connectivity index (χ1v) is 21.8. The fourth-order valence-electron chi connectivity index (χ4n) is 7.70. The maximum absolute atomic E-state index is 2.38. The van der Waals surface area contributed by atoms with Crippen molar-refractivity contribution in [1.29, 1.82) is 0 Å². The molecule has 10 rings (SSSR count). The van der Waals surface area contributed by atoms with Gasteiger partial charge in [-0.3, -0.25) is 0 Å². The Morgan fingerprint density at radius 1 is 0.200 bits per heavy atom. The Bertz CT molecular complexity index is 2550. The summed E-state index contributed by atoms with van der Waals surface area (Å²) in [6.07, 6.45) is 0. The largest absolute Gasteiger partial charge is 0.302 e. The van der Waals surface area contributed by atoms with Crippen molar-refractivity contribution in [3.63, 3.8) is 0 Å². The second-order valence-electron chi connectivity index (χ2n) is 14.6. The molecule has 0 amide bonds. The summed E-state index contributed by atoms with van der Waals surface area (Å²) < 4.78 is 0. The van der Waals surface area contributed by atoms with Crippen LogP contribution in [0.1, 0.15) is 0 Å². The zero-order valence-electron chi connectivity index (χ0n) is 32.8. The summed E-state index contributed by atoms with van der Waals surface area (Å²) in [5.74, 6) is 0. The first-order chi connectivity index (χ1) is 29.7. The Labute approximate surface area is 360 Å². The van der Waals surface area contributed by atoms with Crippen LogP contribution in [0.3, 0.4) is 0 Å². The Hall–Kier alpha value is -7.24. The molecule has 0 unspecified atom stereocenters. The summed E-state index contributed by atoms with van der Waals surface area (Å²) in [4.78, 5) is 7.21. The van der Waals surface area contributed by atoms with Crippen LogP contribution in [0.4, 0.5) is 32.8 Å². The van der Waals surface area contributed by atoms with E-state index in [1.54, 1.807) is 0 Å². The zero-order chi connectivity index (χ0) is 40.1. The van der Waals surface area contributed by atoms with E-state index in [4.69, 9.17) is 0 Å². The molecule has 0 aliphatic carbocycles. The zero-order valence-corrected chi connectivity index (χ0v) is 34.4. The van der Waals surface area contributed by atoms with Crippen LogP contribution in [0.5, 0.6) is 0 Å². The summed E-state index contributed by atoms with van der Waals surface area (Å²) in [6.45, 7) is 0. The predicted octanol–water partition coefficient (Wildman–Crippen LogP) is 17.1. The lowest BCUT2D eigenvalue weighted by Crippen LogP contribution is -2.08. The molecule has 8 aromatic carbocycles. The Morgan fingerprint density at radius 3 is 0.650 bits per heavy atom. The highest BCUT2D eigenvalue weighted by molar-refractivity contribution is 7.26. The lowest BCUT2D eigenvalue weighted by atomic mass is 10.0. The van der Waals surface area contributed by atoms with Crippen molar-refractivity contribution in [1.82, 2.24) is 0 Å². The van der Waals surface area contributed by atoms with Crippen molar-refractivity contribution in [3.05, 3.63) is 243 Å². The predicted molar refractivity (Wildman–Crippen MR) is 259 cm³/mol. The molecule has 0 aliphatic heterocycles. The van der Waals surface area contributed by atoms with E-state index in [-0.39, 0.29) is 0 Å². The van der Waals surface area contributed by atoms with E-state index in [0.717, 1.165) is 32.8 Å². The number of hydrogen-bond acceptors (Lipinski definition) is 4.